The quantitative estimate of drug-likeness (QED) is 0.284. The number of rotatable bonds is 8. The highest BCUT2D eigenvalue weighted by molar-refractivity contribution is 7.85. The summed E-state index contributed by atoms with van der Waals surface area (Å²) in [6.45, 7) is 0.423. The van der Waals surface area contributed by atoms with Crippen LogP contribution in [0, 0.1) is 5.82 Å². The van der Waals surface area contributed by atoms with Gasteiger partial charge in [-0.3, -0.25) is 4.18 Å². The van der Waals surface area contributed by atoms with Gasteiger partial charge in [0.05, 0.1) is 36.3 Å². The lowest BCUT2D eigenvalue weighted by Crippen LogP contribution is -2.49. The maximum atomic E-state index is 13.6. The Labute approximate surface area is 202 Å². The molecule has 174 valence electrons. The van der Waals surface area contributed by atoms with Gasteiger partial charge in [-0.1, -0.05) is 53.5 Å². The van der Waals surface area contributed by atoms with E-state index >= 15 is 0 Å². The van der Waals surface area contributed by atoms with Gasteiger partial charge < -0.3 is 4.74 Å². The average Bonchev–Trinajstić information content (AvgIpc) is 2.74. The summed E-state index contributed by atoms with van der Waals surface area (Å²) in [5.74, 6) is -0.530. The van der Waals surface area contributed by atoms with E-state index in [0.29, 0.717) is 30.7 Å². The molecule has 0 amide bonds. The minimum absolute atomic E-state index is 0.0241. The Morgan fingerprint density at radius 3 is 2.48 bits per heavy atom. The second-order valence-electron chi connectivity index (χ2n) is 8.27. The molecule has 0 aliphatic heterocycles. The standard InChI is InChI=1S/C24H22Cl2FNO4S/c1-33(29,30)32-15-24(12-19(13-24)31-14-16-5-3-2-4-6-16)18-10-22(28-23(26)11-18)17-7-8-21(27)20(25)9-17/h2-11,19H,12-15H2,1H3. The van der Waals surface area contributed by atoms with E-state index in [9.17, 15) is 12.8 Å². The molecule has 1 aliphatic rings. The SMILES string of the molecule is CS(=O)(=O)OCC1(c2cc(Cl)nc(-c3ccc(F)c(Cl)c3)c2)CC(OCc2ccccc2)C1. The molecular formula is C24H22Cl2FNO4S. The first-order valence-corrected chi connectivity index (χ1v) is 12.8. The van der Waals surface area contributed by atoms with Crippen molar-refractivity contribution in [3.05, 3.63) is 87.8 Å². The predicted octanol–water partition coefficient (Wildman–Crippen LogP) is 5.79. The highest BCUT2D eigenvalue weighted by Gasteiger charge is 2.47. The number of aromatic nitrogens is 1. The fraction of sp³-hybridized carbons (Fsp3) is 0.292. The van der Waals surface area contributed by atoms with Gasteiger partial charge in [0.2, 0.25) is 0 Å². The van der Waals surface area contributed by atoms with Crippen LogP contribution in [0.5, 0.6) is 0 Å². The smallest absolute Gasteiger partial charge is 0.264 e. The fourth-order valence-corrected chi connectivity index (χ4v) is 4.81. The first-order valence-electron chi connectivity index (χ1n) is 10.3. The molecule has 0 bridgehead atoms. The summed E-state index contributed by atoms with van der Waals surface area (Å²) in [6.07, 6.45) is 2.07. The third kappa shape index (κ3) is 5.91. The van der Waals surface area contributed by atoms with Crippen LogP contribution in [0.2, 0.25) is 10.2 Å². The summed E-state index contributed by atoms with van der Waals surface area (Å²) in [7, 11) is -3.65. The lowest BCUT2D eigenvalue weighted by molar-refractivity contribution is -0.0673. The number of hydrogen-bond donors (Lipinski definition) is 0. The molecular weight excluding hydrogens is 488 g/mol. The Hall–Kier alpha value is -2.03. The zero-order valence-electron chi connectivity index (χ0n) is 17.8. The first kappa shape index (κ1) is 24.1. The molecule has 0 radical (unpaired) electrons. The molecule has 1 aliphatic carbocycles. The van der Waals surface area contributed by atoms with Crippen molar-refractivity contribution in [3.63, 3.8) is 0 Å². The van der Waals surface area contributed by atoms with Gasteiger partial charge in [0, 0.05) is 11.0 Å². The van der Waals surface area contributed by atoms with Crippen LogP contribution in [0.3, 0.4) is 0 Å². The van der Waals surface area contributed by atoms with Gasteiger partial charge in [-0.15, -0.1) is 0 Å². The molecule has 0 unspecified atom stereocenters. The van der Waals surface area contributed by atoms with Crippen molar-refractivity contribution in [2.45, 2.75) is 31.0 Å². The number of halogens is 3. The van der Waals surface area contributed by atoms with E-state index in [0.717, 1.165) is 17.4 Å². The second kappa shape index (κ2) is 9.68. The van der Waals surface area contributed by atoms with E-state index in [1.54, 1.807) is 12.1 Å². The molecule has 9 heteroatoms. The predicted molar refractivity (Wildman–Crippen MR) is 126 cm³/mol. The Bertz CT molecular complexity index is 1250. The van der Waals surface area contributed by atoms with Crippen molar-refractivity contribution in [3.8, 4) is 11.3 Å². The topological polar surface area (TPSA) is 65.5 Å². The normalized spacial score (nSPS) is 20.4. The van der Waals surface area contributed by atoms with Gasteiger partial charge in [-0.2, -0.15) is 8.42 Å². The molecule has 5 nitrogen and oxygen atoms in total. The van der Waals surface area contributed by atoms with E-state index in [1.807, 2.05) is 36.4 Å². The van der Waals surface area contributed by atoms with Crippen molar-refractivity contribution < 1.29 is 21.7 Å². The lowest BCUT2D eigenvalue weighted by atomic mass is 9.63. The monoisotopic (exact) mass is 509 g/mol. The summed E-state index contributed by atoms with van der Waals surface area (Å²) in [5.41, 5.74) is 2.33. The third-order valence-corrected chi connectivity index (χ3v) is 6.77. The molecule has 1 saturated carbocycles. The van der Waals surface area contributed by atoms with E-state index in [-0.39, 0.29) is 22.9 Å². The Balaban J connectivity index is 1.59. The molecule has 1 aromatic heterocycles. The summed E-state index contributed by atoms with van der Waals surface area (Å²) < 4.78 is 48.3. The Morgan fingerprint density at radius 1 is 1.09 bits per heavy atom. The molecule has 4 rings (SSSR count). The van der Waals surface area contributed by atoms with E-state index in [4.69, 9.17) is 32.1 Å². The van der Waals surface area contributed by atoms with Gasteiger partial charge in [-0.05, 0) is 54.3 Å². The zero-order valence-corrected chi connectivity index (χ0v) is 20.1. The van der Waals surface area contributed by atoms with E-state index in [2.05, 4.69) is 4.98 Å². The minimum atomic E-state index is -3.65. The molecule has 0 atom stereocenters. The molecule has 2 aromatic carbocycles. The van der Waals surface area contributed by atoms with Gasteiger partial charge in [0.15, 0.2) is 0 Å². The van der Waals surface area contributed by atoms with Crippen molar-refractivity contribution in [2.75, 3.05) is 12.9 Å². The van der Waals surface area contributed by atoms with Crippen LogP contribution in [0.15, 0.2) is 60.7 Å². The third-order valence-electron chi connectivity index (χ3n) is 5.74. The summed E-state index contributed by atoms with van der Waals surface area (Å²) in [5, 5.41) is 0.208. The summed E-state index contributed by atoms with van der Waals surface area (Å²) in [6, 6.07) is 17.6. The van der Waals surface area contributed by atoms with E-state index in [1.165, 1.54) is 12.1 Å². The van der Waals surface area contributed by atoms with Crippen LogP contribution in [-0.4, -0.2) is 32.4 Å². The lowest BCUT2D eigenvalue weighted by Gasteiger charge is -2.47. The Morgan fingerprint density at radius 2 is 1.82 bits per heavy atom. The van der Waals surface area contributed by atoms with Gasteiger partial charge >= 0.3 is 0 Å². The molecule has 0 spiro atoms. The molecule has 3 aromatic rings. The van der Waals surface area contributed by atoms with E-state index < -0.39 is 21.4 Å². The van der Waals surface area contributed by atoms with Gasteiger partial charge in [0.25, 0.3) is 10.1 Å². The van der Waals surface area contributed by atoms with Crippen LogP contribution >= 0.6 is 23.2 Å². The number of benzene rings is 2. The number of nitrogens with zero attached hydrogens (tertiary/aromatic N) is 1. The van der Waals surface area contributed by atoms with Gasteiger partial charge in [0.1, 0.15) is 11.0 Å². The molecule has 33 heavy (non-hydrogen) atoms. The highest BCUT2D eigenvalue weighted by atomic mass is 35.5. The molecule has 1 heterocycles. The largest absolute Gasteiger partial charge is 0.373 e. The first-order chi connectivity index (χ1) is 15.6. The zero-order chi connectivity index (χ0) is 23.6. The van der Waals surface area contributed by atoms with Crippen LogP contribution in [0.4, 0.5) is 4.39 Å². The number of pyridine rings is 1. The highest BCUT2D eigenvalue weighted by Crippen LogP contribution is 2.47. The number of hydrogen-bond acceptors (Lipinski definition) is 5. The van der Waals surface area contributed by atoms with Crippen molar-refractivity contribution in [2.24, 2.45) is 0 Å². The maximum absolute atomic E-state index is 13.6. The van der Waals surface area contributed by atoms with Gasteiger partial charge in [-0.25, -0.2) is 9.37 Å². The summed E-state index contributed by atoms with van der Waals surface area (Å²) >= 11 is 12.3. The summed E-state index contributed by atoms with van der Waals surface area (Å²) in [4.78, 5) is 4.34. The maximum Gasteiger partial charge on any atom is 0.264 e. The van der Waals surface area contributed by atoms with Crippen LogP contribution < -0.4 is 0 Å². The van der Waals surface area contributed by atoms with Crippen molar-refractivity contribution in [1.82, 2.24) is 4.98 Å². The van der Waals surface area contributed by atoms with Crippen LogP contribution in [0.25, 0.3) is 11.3 Å². The molecule has 0 saturated heterocycles. The minimum Gasteiger partial charge on any atom is -0.373 e. The number of ether oxygens (including phenoxy) is 1. The van der Waals surface area contributed by atoms with Crippen LogP contribution in [-0.2, 0) is 31.1 Å². The second-order valence-corrected chi connectivity index (χ2v) is 10.7. The van der Waals surface area contributed by atoms with Crippen molar-refractivity contribution >= 4 is 33.3 Å². The Kier molecular flexibility index (Phi) is 7.07. The van der Waals surface area contributed by atoms with Crippen molar-refractivity contribution in [1.29, 1.82) is 0 Å². The van der Waals surface area contributed by atoms with Crippen LogP contribution in [0.1, 0.15) is 24.0 Å². The molecule has 0 N–H and O–H groups in total. The fourth-order valence-electron chi connectivity index (χ4n) is 3.98. The average molecular weight is 510 g/mol. The molecule has 1 fully saturated rings.